The summed E-state index contributed by atoms with van der Waals surface area (Å²) in [5.74, 6) is -0.148. The number of benzene rings is 1. The molecular formula is C11H12Cl2O3S. The summed E-state index contributed by atoms with van der Waals surface area (Å²) in [4.78, 5) is 11.7. The first-order valence-corrected chi connectivity index (χ1v) is 7.76. The highest BCUT2D eigenvalue weighted by molar-refractivity contribution is 7.90. The number of halogens is 2. The summed E-state index contributed by atoms with van der Waals surface area (Å²) in [6.45, 7) is 0. The molecule has 0 fully saturated rings. The summed E-state index contributed by atoms with van der Waals surface area (Å²) in [5, 5.41) is 0.785. The minimum atomic E-state index is -3.02. The van der Waals surface area contributed by atoms with Crippen molar-refractivity contribution in [3.05, 3.63) is 33.8 Å². The molecule has 0 N–H and O–H groups in total. The highest BCUT2D eigenvalue weighted by Gasteiger charge is 2.10. The average Bonchev–Trinajstić information content (AvgIpc) is 2.13. The van der Waals surface area contributed by atoms with Crippen LogP contribution in [0.4, 0.5) is 0 Å². The van der Waals surface area contributed by atoms with Crippen LogP contribution in [0, 0.1) is 0 Å². The summed E-state index contributed by atoms with van der Waals surface area (Å²) in [6, 6.07) is 4.59. The van der Waals surface area contributed by atoms with E-state index in [0.29, 0.717) is 22.0 Å². The Morgan fingerprint density at radius 2 is 1.71 bits per heavy atom. The SMILES string of the molecule is CS(=O)(=O)CCCC(=O)c1cc(Cl)cc(Cl)c1. The number of carbonyl (C=O) groups excluding carboxylic acids is 1. The fourth-order valence-corrected chi connectivity index (χ4v) is 2.55. The molecule has 0 heterocycles. The molecule has 0 aliphatic heterocycles. The largest absolute Gasteiger partial charge is 0.294 e. The zero-order valence-electron chi connectivity index (χ0n) is 9.24. The zero-order valence-corrected chi connectivity index (χ0v) is 11.6. The fraction of sp³-hybridized carbons (Fsp3) is 0.364. The quantitative estimate of drug-likeness (QED) is 0.785. The van der Waals surface area contributed by atoms with Crippen LogP contribution in [0.2, 0.25) is 10.0 Å². The van der Waals surface area contributed by atoms with E-state index >= 15 is 0 Å². The van der Waals surface area contributed by atoms with Gasteiger partial charge in [-0.3, -0.25) is 4.79 Å². The Morgan fingerprint density at radius 3 is 2.18 bits per heavy atom. The third-order valence-corrected chi connectivity index (χ3v) is 3.57. The van der Waals surface area contributed by atoms with E-state index in [-0.39, 0.29) is 18.0 Å². The van der Waals surface area contributed by atoms with E-state index in [9.17, 15) is 13.2 Å². The van der Waals surface area contributed by atoms with Gasteiger partial charge in [-0.2, -0.15) is 0 Å². The maximum Gasteiger partial charge on any atom is 0.163 e. The number of Topliss-reactive ketones (excluding diaryl/α,β-unsaturated/α-hetero) is 1. The molecule has 0 aliphatic carbocycles. The highest BCUT2D eigenvalue weighted by Crippen LogP contribution is 2.20. The second kappa shape index (κ2) is 5.85. The van der Waals surface area contributed by atoms with Crippen LogP contribution in [0.3, 0.4) is 0 Å². The third-order valence-electron chi connectivity index (χ3n) is 2.10. The second-order valence-corrected chi connectivity index (χ2v) is 6.95. The van der Waals surface area contributed by atoms with Crippen LogP contribution in [0.1, 0.15) is 23.2 Å². The van der Waals surface area contributed by atoms with Crippen molar-refractivity contribution in [1.82, 2.24) is 0 Å². The molecule has 0 atom stereocenters. The van der Waals surface area contributed by atoms with Crippen LogP contribution < -0.4 is 0 Å². The van der Waals surface area contributed by atoms with Crippen LogP contribution in [-0.2, 0) is 9.84 Å². The normalized spacial score (nSPS) is 11.5. The number of hydrogen-bond donors (Lipinski definition) is 0. The van der Waals surface area contributed by atoms with Gasteiger partial charge in [0.2, 0.25) is 0 Å². The smallest absolute Gasteiger partial charge is 0.163 e. The van der Waals surface area contributed by atoms with Gasteiger partial charge >= 0.3 is 0 Å². The van der Waals surface area contributed by atoms with Crippen molar-refractivity contribution >= 4 is 38.8 Å². The van der Waals surface area contributed by atoms with E-state index in [1.54, 1.807) is 0 Å². The summed E-state index contributed by atoms with van der Waals surface area (Å²) < 4.78 is 21.8. The monoisotopic (exact) mass is 294 g/mol. The van der Waals surface area contributed by atoms with Gasteiger partial charge in [0, 0.05) is 28.3 Å². The fourth-order valence-electron chi connectivity index (χ4n) is 1.35. The number of ketones is 1. The Labute approximate surface area is 111 Å². The van der Waals surface area contributed by atoms with Crippen molar-refractivity contribution in [2.24, 2.45) is 0 Å². The lowest BCUT2D eigenvalue weighted by Crippen LogP contribution is -2.06. The molecule has 0 radical (unpaired) electrons. The molecule has 0 amide bonds. The van der Waals surface area contributed by atoms with E-state index < -0.39 is 9.84 Å². The number of hydrogen-bond acceptors (Lipinski definition) is 3. The van der Waals surface area contributed by atoms with E-state index in [2.05, 4.69) is 0 Å². The molecule has 0 bridgehead atoms. The third kappa shape index (κ3) is 5.52. The van der Waals surface area contributed by atoms with Gasteiger partial charge in [0.15, 0.2) is 5.78 Å². The first kappa shape index (κ1) is 14.5. The minimum absolute atomic E-state index is 0.00698. The average molecular weight is 295 g/mol. The summed E-state index contributed by atoms with van der Waals surface area (Å²) in [5.41, 5.74) is 0.413. The van der Waals surface area contributed by atoms with E-state index in [4.69, 9.17) is 23.2 Å². The topological polar surface area (TPSA) is 51.2 Å². The molecule has 1 rings (SSSR count). The van der Waals surface area contributed by atoms with Gasteiger partial charge in [-0.1, -0.05) is 23.2 Å². The maximum absolute atomic E-state index is 11.7. The molecule has 0 saturated heterocycles. The Balaban J connectivity index is 2.64. The summed E-state index contributed by atoms with van der Waals surface area (Å²) >= 11 is 11.5. The van der Waals surface area contributed by atoms with Crippen LogP contribution in [0.5, 0.6) is 0 Å². The Hall–Kier alpha value is -0.580. The van der Waals surface area contributed by atoms with Crippen LogP contribution >= 0.6 is 23.2 Å². The predicted molar refractivity (Wildman–Crippen MR) is 69.7 cm³/mol. The van der Waals surface area contributed by atoms with Gasteiger partial charge in [-0.05, 0) is 24.6 Å². The predicted octanol–water partition coefficient (Wildman–Crippen LogP) is 3.00. The second-order valence-electron chi connectivity index (χ2n) is 3.81. The maximum atomic E-state index is 11.7. The molecule has 3 nitrogen and oxygen atoms in total. The first-order valence-electron chi connectivity index (χ1n) is 4.95. The standard InChI is InChI=1S/C11H12Cl2O3S/c1-17(15,16)4-2-3-11(14)8-5-9(12)7-10(13)6-8/h5-7H,2-4H2,1H3. The zero-order chi connectivity index (χ0) is 13.1. The minimum Gasteiger partial charge on any atom is -0.294 e. The van der Waals surface area contributed by atoms with Crippen molar-refractivity contribution in [2.75, 3.05) is 12.0 Å². The molecule has 0 saturated carbocycles. The van der Waals surface area contributed by atoms with Gasteiger partial charge in [-0.25, -0.2) is 8.42 Å². The molecular weight excluding hydrogens is 283 g/mol. The van der Waals surface area contributed by atoms with E-state index in [0.717, 1.165) is 6.26 Å². The first-order chi connectivity index (χ1) is 7.78. The van der Waals surface area contributed by atoms with Crippen LogP contribution in [0.15, 0.2) is 18.2 Å². The van der Waals surface area contributed by atoms with Gasteiger partial charge in [0.05, 0.1) is 5.75 Å². The number of carbonyl (C=O) groups is 1. The van der Waals surface area contributed by atoms with E-state index in [1.807, 2.05) is 0 Å². The molecule has 6 heteroatoms. The van der Waals surface area contributed by atoms with Crippen molar-refractivity contribution < 1.29 is 13.2 Å². The van der Waals surface area contributed by atoms with Gasteiger partial charge < -0.3 is 0 Å². The molecule has 17 heavy (non-hydrogen) atoms. The molecule has 1 aromatic carbocycles. The van der Waals surface area contributed by atoms with E-state index in [1.165, 1.54) is 18.2 Å². The van der Waals surface area contributed by atoms with Crippen molar-refractivity contribution in [1.29, 1.82) is 0 Å². The van der Waals surface area contributed by atoms with Crippen LogP contribution in [-0.4, -0.2) is 26.2 Å². The number of sulfone groups is 1. The Morgan fingerprint density at radius 1 is 1.18 bits per heavy atom. The van der Waals surface area contributed by atoms with Gasteiger partial charge in [0.25, 0.3) is 0 Å². The molecule has 0 spiro atoms. The van der Waals surface area contributed by atoms with Gasteiger partial charge in [-0.15, -0.1) is 0 Å². The van der Waals surface area contributed by atoms with Crippen LogP contribution in [0.25, 0.3) is 0 Å². The lowest BCUT2D eigenvalue weighted by molar-refractivity contribution is 0.0982. The molecule has 1 aromatic rings. The molecule has 0 aliphatic rings. The lowest BCUT2D eigenvalue weighted by atomic mass is 10.1. The molecule has 94 valence electrons. The highest BCUT2D eigenvalue weighted by atomic mass is 35.5. The summed E-state index contributed by atoms with van der Waals surface area (Å²) in [7, 11) is -3.02. The molecule has 0 aromatic heterocycles. The van der Waals surface area contributed by atoms with Gasteiger partial charge in [0.1, 0.15) is 9.84 Å². The Kier molecular flexibility index (Phi) is 4.98. The Bertz CT molecular complexity index is 503. The van der Waals surface area contributed by atoms with Crippen molar-refractivity contribution in [3.8, 4) is 0 Å². The van der Waals surface area contributed by atoms with Crippen molar-refractivity contribution in [3.63, 3.8) is 0 Å². The van der Waals surface area contributed by atoms with Crippen molar-refractivity contribution in [2.45, 2.75) is 12.8 Å². The summed E-state index contributed by atoms with van der Waals surface area (Å²) in [6.07, 6.45) is 1.62. The number of rotatable bonds is 5. The molecule has 0 unspecified atom stereocenters. The lowest BCUT2D eigenvalue weighted by Gasteiger charge is -2.02.